The van der Waals surface area contributed by atoms with Crippen LogP contribution in [-0.2, 0) is 9.59 Å². The van der Waals surface area contributed by atoms with Crippen molar-refractivity contribution < 1.29 is 14.0 Å². The molecule has 0 bridgehead atoms. The average molecular weight is 289 g/mol. The second-order valence-corrected chi connectivity index (χ2v) is 4.96. The van der Waals surface area contributed by atoms with Crippen molar-refractivity contribution in [3.63, 3.8) is 0 Å². The van der Waals surface area contributed by atoms with E-state index in [2.05, 4.69) is 10.4 Å². The summed E-state index contributed by atoms with van der Waals surface area (Å²) in [5, 5.41) is 6.60. The number of piperidine rings is 1. The van der Waals surface area contributed by atoms with E-state index in [1.165, 1.54) is 12.1 Å². The van der Waals surface area contributed by atoms with E-state index < -0.39 is 23.3 Å². The first-order chi connectivity index (χ1) is 9.99. The molecule has 21 heavy (non-hydrogen) atoms. The largest absolute Gasteiger partial charge is 0.295 e. The fourth-order valence-corrected chi connectivity index (χ4v) is 2.55. The average Bonchev–Trinajstić information content (AvgIpc) is 2.43. The summed E-state index contributed by atoms with van der Waals surface area (Å²) < 4.78 is 14.9. The summed E-state index contributed by atoms with van der Waals surface area (Å²) in [6.07, 6.45) is 0.301. The van der Waals surface area contributed by atoms with Crippen molar-refractivity contribution in [3.05, 3.63) is 40.1 Å². The number of benzene rings is 1. The van der Waals surface area contributed by atoms with Gasteiger partial charge in [-0.15, -0.1) is 0 Å². The SMILES string of the molecule is Cc1nn(C2CCC(=O)NC2=O)c(=O)c2c(F)cccc12. The van der Waals surface area contributed by atoms with E-state index >= 15 is 0 Å². The van der Waals surface area contributed by atoms with Gasteiger partial charge in [-0.25, -0.2) is 9.07 Å². The molecule has 0 spiro atoms. The van der Waals surface area contributed by atoms with Crippen LogP contribution < -0.4 is 10.9 Å². The molecule has 1 aromatic heterocycles. The van der Waals surface area contributed by atoms with Crippen LogP contribution in [0.2, 0.25) is 0 Å². The molecule has 7 heteroatoms. The summed E-state index contributed by atoms with van der Waals surface area (Å²) in [7, 11) is 0. The van der Waals surface area contributed by atoms with E-state index in [1.54, 1.807) is 13.0 Å². The number of hydrogen-bond donors (Lipinski definition) is 1. The standard InChI is InChI=1S/C14H12FN3O3/c1-7-8-3-2-4-9(15)12(8)14(21)18(17-7)10-5-6-11(19)16-13(10)20/h2-4,10H,5-6H2,1H3,(H,16,19,20). The Morgan fingerprint density at radius 2 is 2.10 bits per heavy atom. The molecule has 2 heterocycles. The zero-order valence-electron chi connectivity index (χ0n) is 11.2. The summed E-state index contributed by atoms with van der Waals surface area (Å²) in [6.45, 7) is 1.64. The highest BCUT2D eigenvalue weighted by molar-refractivity contribution is 5.99. The molecule has 2 aromatic rings. The van der Waals surface area contributed by atoms with Crippen LogP contribution >= 0.6 is 0 Å². The van der Waals surface area contributed by atoms with E-state index in [0.29, 0.717) is 11.1 Å². The monoisotopic (exact) mass is 289 g/mol. The predicted molar refractivity (Wildman–Crippen MR) is 72.1 cm³/mol. The van der Waals surface area contributed by atoms with Gasteiger partial charge in [-0.3, -0.25) is 19.7 Å². The third-order valence-corrected chi connectivity index (χ3v) is 3.59. The Bertz CT molecular complexity index is 828. The second-order valence-electron chi connectivity index (χ2n) is 4.96. The van der Waals surface area contributed by atoms with Crippen LogP contribution in [-0.4, -0.2) is 21.6 Å². The fraction of sp³-hybridized carbons (Fsp3) is 0.286. The molecule has 0 saturated carbocycles. The van der Waals surface area contributed by atoms with Gasteiger partial charge in [0.2, 0.25) is 5.91 Å². The van der Waals surface area contributed by atoms with Crippen molar-refractivity contribution in [2.24, 2.45) is 0 Å². The highest BCUT2D eigenvalue weighted by atomic mass is 19.1. The molecule has 1 atom stereocenters. The van der Waals surface area contributed by atoms with Crippen LogP contribution in [0.1, 0.15) is 24.6 Å². The Balaban J connectivity index is 2.23. The van der Waals surface area contributed by atoms with Crippen molar-refractivity contribution in [1.82, 2.24) is 15.1 Å². The van der Waals surface area contributed by atoms with Gasteiger partial charge in [-0.05, 0) is 19.4 Å². The van der Waals surface area contributed by atoms with E-state index in [-0.39, 0.29) is 24.1 Å². The number of nitrogens with one attached hydrogen (secondary N) is 1. The number of fused-ring (bicyclic) bond motifs is 1. The Labute approximate surface area is 118 Å². The van der Waals surface area contributed by atoms with E-state index in [0.717, 1.165) is 4.68 Å². The lowest BCUT2D eigenvalue weighted by Gasteiger charge is -2.22. The summed E-state index contributed by atoms with van der Waals surface area (Å²) >= 11 is 0. The second kappa shape index (κ2) is 4.76. The van der Waals surface area contributed by atoms with Crippen LogP contribution in [0.3, 0.4) is 0 Å². The zero-order chi connectivity index (χ0) is 15.1. The van der Waals surface area contributed by atoms with Gasteiger partial charge in [0.15, 0.2) is 0 Å². The third kappa shape index (κ3) is 2.10. The van der Waals surface area contributed by atoms with Crippen molar-refractivity contribution >= 4 is 22.6 Å². The van der Waals surface area contributed by atoms with E-state index in [4.69, 9.17) is 0 Å². The van der Waals surface area contributed by atoms with Crippen molar-refractivity contribution in [1.29, 1.82) is 0 Å². The number of amides is 2. The number of imide groups is 1. The van der Waals surface area contributed by atoms with Gasteiger partial charge < -0.3 is 0 Å². The molecule has 2 amide bonds. The number of aryl methyl sites for hydroxylation is 1. The molecule has 1 aromatic carbocycles. The van der Waals surface area contributed by atoms with Crippen molar-refractivity contribution in [2.45, 2.75) is 25.8 Å². The van der Waals surface area contributed by atoms with E-state index in [9.17, 15) is 18.8 Å². The van der Waals surface area contributed by atoms with Crippen LogP contribution in [0.4, 0.5) is 4.39 Å². The first-order valence-electron chi connectivity index (χ1n) is 6.50. The summed E-state index contributed by atoms with van der Waals surface area (Å²) in [5.74, 6) is -1.62. The van der Waals surface area contributed by atoms with Crippen LogP contribution in [0.15, 0.2) is 23.0 Å². The van der Waals surface area contributed by atoms with Gasteiger partial charge in [0.1, 0.15) is 11.9 Å². The van der Waals surface area contributed by atoms with Gasteiger partial charge in [0.25, 0.3) is 11.5 Å². The number of carbonyl (C=O) groups is 2. The number of hydrogen-bond acceptors (Lipinski definition) is 4. The minimum atomic E-state index is -0.891. The number of nitrogens with zero attached hydrogens (tertiary/aromatic N) is 2. The number of carbonyl (C=O) groups excluding carboxylic acids is 2. The van der Waals surface area contributed by atoms with Gasteiger partial charge >= 0.3 is 0 Å². The van der Waals surface area contributed by atoms with Crippen LogP contribution in [0.25, 0.3) is 10.8 Å². The minimum Gasteiger partial charge on any atom is -0.295 e. The highest BCUT2D eigenvalue weighted by Gasteiger charge is 2.30. The number of halogens is 1. The van der Waals surface area contributed by atoms with Crippen molar-refractivity contribution in [3.8, 4) is 0 Å². The van der Waals surface area contributed by atoms with Crippen molar-refractivity contribution in [2.75, 3.05) is 0 Å². The van der Waals surface area contributed by atoms with Gasteiger partial charge in [0.05, 0.1) is 11.1 Å². The first-order valence-corrected chi connectivity index (χ1v) is 6.50. The maximum Gasteiger partial charge on any atom is 0.278 e. The molecule has 0 aliphatic carbocycles. The third-order valence-electron chi connectivity index (χ3n) is 3.59. The lowest BCUT2D eigenvalue weighted by atomic mass is 10.1. The normalized spacial score (nSPS) is 18.9. The Morgan fingerprint density at radius 1 is 1.33 bits per heavy atom. The van der Waals surface area contributed by atoms with E-state index in [1.807, 2.05) is 0 Å². The Morgan fingerprint density at radius 3 is 2.81 bits per heavy atom. The van der Waals surface area contributed by atoms with Gasteiger partial charge in [0, 0.05) is 11.8 Å². The predicted octanol–water partition coefficient (Wildman–Crippen LogP) is 0.822. The molecule has 108 valence electrons. The molecule has 0 radical (unpaired) electrons. The van der Waals surface area contributed by atoms with Crippen LogP contribution in [0, 0.1) is 12.7 Å². The molecule has 1 N–H and O–H groups in total. The molecule has 1 aliphatic heterocycles. The molecule has 3 rings (SSSR count). The molecule has 6 nitrogen and oxygen atoms in total. The highest BCUT2D eigenvalue weighted by Crippen LogP contribution is 2.20. The first kappa shape index (κ1) is 13.4. The maximum atomic E-state index is 13.9. The summed E-state index contributed by atoms with van der Waals surface area (Å²) in [6, 6.07) is 3.41. The molecule has 1 unspecified atom stereocenters. The smallest absolute Gasteiger partial charge is 0.278 e. The molecular formula is C14H12FN3O3. The van der Waals surface area contributed by atoms with Crippen LogP contribution in [0.5, 0.6) is 0 Å². The van der Waals surface area contributed by atoms with Gasteiger partial charge in [-0.1, -0.05) is 12.1 Å². The molecule has 1 fully saturated rings. The molecular weight excluding hydrogens is 277 g/mol. The lowest BCUT2D eigenvalue weighted by molar-refractivity contribution is -0.136. The fourth-order valence-electron chi connectivity index (χ4n) is 2.55. The Hall–Kier alpha value is -2.57. The lowest BCUT2D eigenvalue weighted by Crippen LogP contribution is -2.45. The minimum absolute atomic E-state index is 0.0882. The topological polar surface area (TPSA) is 81.1 Å². The molecule has 1 aliphatic rings. The summed E-state index contributed by atoms with van der Waals surface area (Å²) in [4.78, 5) is 35.5. The zero-order valence-corrected chi connectivity index (χ0v) is 11.2. The maximum absolute atomic E-state index is 13.9. The Kier molecular flexibility index (Phi) is 3.04. The van der Waals surface area contributed by atoms with Gasteiger partial charge in [-0.2, -0.15) is 5.10 Å². The molecule has 1 saturated heterocycles. The number of rotatable bonds is 1. The summed E-state index contributed by atoms with van der Waals surface area (Å²) in [5.41, 5.74) is -0.211. The quantitative estimate of drug-likeness (QED) is 0.788. The number of aromatic nitrogens is 2.